The van der Waals surface area contributed by atoms with E-state index in [2.05, 4.69) is 10.3 Å². The highest BCUT2D eigenvalue weighted by Gasteiger charge is 2.15. The van der Waals surface area contributed by atoms with Gasteiger partial charge in [-0.3, -0.25) is 14.0 Å². The number of aromatic nitrogens is 2. The molecular formula is C24H21N3O5S. The first-order valence-electron chi connectivity index (χ1n) is 10.2. The Labute approximate surface area is 193 Å². The number of thiazole rings is 1. The van der Waals surface area contributed by atoms with Crippen molar-refractivity contribution in [3.63, 3.8) is 0 Å². The molecule has 0 aliphatic carbocycles. The molecule has 168 valence electrons. The topological polar surface area (TPSA) is 99.0 Å². The van der Waals surface area contributed by atoms with Crippen LogP contribution >= 0.6 is 11.3 Å². The van der Waals surface area contributed by atoms with E-state index in [0.29, 0.717) is 27.7 Å². The van der Waals surface area contributed by atoms with E-state index in [4.69, 9.17) is 9.47 Å². The minimum absolute atomic E-state index is 0.117. The van der Waals surface area contributed by atoms with Crippen molar-refractivity contribution in [3.8, 4) is 5.75 Å². The maximum atomic E-state index is 12.4. The number of anilines is 1. The van der Waals surface area contributed by atoms with Gasteiger partial charge >= 0.3 is 5.97 Å². The minimum Gasteiger partial charge on any atom is -0.481 e. The average molecular weight is 464 g/mol. The molecule has 0 unspecified atom stereocenters. The minimum atomic E-state index is -0.696. The highest BCUT2D eigenvalue weighted by Crippen LogP contribution is 2.16. The molecule has 2 aromatic heterocycles. The molecule has 0 saturated carbocycles. The zero-order valence-electron chi connectivity index (χ0n) is 18.0. The lowest BCUT2D eigenvalue weighted by Gasteiger charge is -2.14. The third-order valence-electron chi connectivity index (χ3n) is 4.70. The van der Waals surface area contributed by atoms with E-state index >= 15 is 0 Å². The number of amides is 1. The SMILES string of the molecule is Cc1cn2c(=O)cc(COC(=O)c3ccc(NC(=O)[C@@H](C)Oc4ccccc4)cc3)nc2s1. The number of aryl methyl sites for hydroxylation is 1. The van der Waals surface area contributed by atoms with Crippen LogP contribution in [0.25, 0.3) is 4.96 Å². The first-order chi connectivity index (χ1) is 15.9. The van der Waals surface area contributed by atoms with Gasteiger partial charge in [0.05, 0.1) is 11.3 Å². The molecule has 0 saturated heterocycles. The molecule has 0 fully saturated rings. The Balaban J connectivity index is 1.33. The van der Waals surface area contributed by atoms with Gasteiger partial charge in [-0.25, -0.2) is 9.78 Å². The quantitative estimate of drug-likeness (QED) is 0.418. The first kappa shape index (κ1) is 22.2. The van der Waals surface area contributed by atoms with Crippen molar-refractivity contribution >= 4 is 33.9 Å². The molecule has 1 N–H and O–H groups in total. The molecule has 4 aromatic rings. The summed E-state index contributed by atoms with van der Waals surface area (Å²) in [4.78, 5) is 42.8. The van der Waals surface area contributed by atoms with E-state index in [-0.39, 0.29) is 18.1 Å². The van der Waals surface area contributed by atoms with Crippen LogP contribution in [0.1, 0.15) is 27.9 Å². The summed E-state index contributed by atoms with van der Waals surface area (Å²) < 4.78 is 12.4. The van der Waals surface area contributed by atoms with Gasteiger partial charge in [-0.1, -0.05) is 18.2 Å². The van der Waals surface area contributed by atoms with Crippen LogP contribution in [-0.4, -0.2) is 27.4 Å². The molecule has 1 atom stereocenters. The van der Waals surface area contributed by atoms with Gasteiger partial charge in [0.2, 0.25) is 0 Å². The number of carbonyl (C=O) groups excluding carboxylic acids is 2. The van der Waals surface area contributed by atoms with E-state index in [1.807, 2.05) is 25.1 Å². The zero-order chi connectivity index (χ0) is 23.4. The van der Waals surface area contributed by atoms with Gasteiger partial charge in [-0.15, -0.1) is 11.3 Å². The monoisotopic (exact) mass is 463 g/mol. The lowest BCUT2D eigenvalue weighted by molar-refractivity contribution is -0.122. The number of fused-ring (bicyclic) bond motifs is 1. The molecule has 8 nitrogen and oxygen atoms in total. The van der Waals surface area contributed by atoms with E-state index in [0.717, 1.165) is 4.88 Å². The number of hydrogen-bond acceptors (Lipinski definition) is 7. The second-order valence-corrected chi connectivity index (χ2v) is 8.51. The summed E-state index contributed by atoms with van der Waals surface area (Å²) >= 11 is 1.39. The van der Waals surface area contributed by atoms with Crippen molar-refractivity contribution in [1.82, 2.24) is 9.38 Å². The number of esters is 1. The number of carbonyl (C=O) groups is 2. The summed E-state index contributed by atoms with van der Waals surface area (Å²) in [6.45, 7) is 3.43. The van der Waals surface area contributed by atoms with Crippen LogP contribution in [0.5, 0.6) is 5.75 Å². The largest absolute Gasteiger partial charge is 0.481 e. The van der Waals surface area contributed by atoms with E-state index in [1.165, 1.54) is 21.8 Å². The fraction of sp³-hybridized carbons (Fsp3) is 0.167. The molecule has 2 heterocycles. The van der Waals surface area contributed by atoms with Gasteiger partial charge in [0, 0.05) is 22.8 Å². The zero-order valence-corrected chi connectivity index (χ0v) is 18.8. The molecule has 9 heteroatoms. The Morgan fingerprint density at radius 3 is 2.58 bits per heavy atom. The third-order valence-corrected chi connectivity index (χ3v) is 5.60. The number of benzene rings is 2. The molecular weight excluding hydrogens is 442 g/mol. The molecule has 4 rings (SSSR count). The molecule has 1 amide bonds. The van der Waals surface area contributed by atoms with Crippen LogP contribution in [0.4, 0.5) is 5.69 Å². The lowest BCUT2D eigenvalue weighted by Crippen LogP contribution is -2.30. The van der Waals surface area contributed by atoms with Crippen LogP contribution < -0.4 is 15.6 Å². The summed E-state index contributed by atoms with van der Waals surface area (Å²) in [5, 5.41) is 2.75. The van der Waals surface area contributed by atoms with Crippen molar-refractivity contribution in [2.75, 3.05) is 5.32 Å². The van der Waals surface area contributed by atoms with Crippen LogP contribution in [-0.2, 0) is 16.1 Å². The summed E-state index contributed by atoms with van der Waals surface area (Å²) in [5.41, 5.74) is 0.993. The van der Waals surface area contributed by atoms with E-state index in [1.54, 1.807) is 49.5 Å². The maximum Gasteiger partial charge on any atom is 0.338 e. The predicted molar refractivity (Wildman–Crippen MR) is 125 cm³/mol. The Hall–Kier alpha value is -3.98. The van der Waals surface area contributed by atoms with E-state index < -0.39 is 12.1 Å². The molecule has 0 aliphatic heterocycles. The average Bonchev–Trinajstić information content (AvgIpc) is 3.19. The predicted octanol–water partition coefficient (Wildman–Crippen LogP) is 3.83. The number of nitrogens with one attached hydrogen (secondary N) is 1. The second-order valence-electron chi connectivity index (χ2n) is 7.30. The van der Waals surface area contributed by atoms with Crippen LogP contribution in [0, 0.1) is 6.92 Å². The molecule has 0 spiro atoms. The van der Waals surface area contributed by atoms with Crippen LogP contribution in [0.2, 0.25) is 0 Å². The molecule has 0 aliphatic rings. The van der Waals surface area contributed by atoms with Gasteiger partial charge in [0.1, 0.15) is 12.4 Å². The highest BCUT2D eigenvalue weighted by molar-refractivity contribution is 7.16. The van der Waals surface area contributed by atoms with Crippen LogP contribution in [0.15, 0.2) is 71.7 Å². The standard InChI is InChI=1S/C24H21N3O5S/c1-15-13-27-21(28)12-19(26-24(27)33-15)14-31-23(30)17-8-10-18(11-9-17)25-22(29)16(2)32-20-6-4-3-5-7-20/h3-13,16H,14H2,1-2H3,(H,25,29)/t16-/m1/s1. The van der Waals surface area contributed by atoms with Gasteiger partial charge in [-0.2, -0.15) is 0 Å². The van der Waals surface area contributed by atoms with Gasteiger partial charge in [0.15, 0.2) is 11.1 Å². The van der Waals surface area contributed by atoms with Crippen molar-refractivity contribution in [1.29, 1.82) is 0 Å². The van der Waals surface area contributed by atoms with Crippen molar-refractivity contribution in [3.05, 3.63) is 93.3 Å². The second kappa shape index (κ2) is 9.66. The molecule has 33 heavy (non-hydrogen) atoms. The summed E-state index contributed by atoms with van der Waals surface area (Å²) in [6.07, 6.45) is 1.03. The van der Waals surface area contributed by atoms with Gasteiger partial charge < -0.3 is 14.8 Å². The smallest absolute Gasteiger partial charge is 0.338 e. The Morgan fingerprint density at radius 1 is 1.12 bits per heavy atom. The maximum absolute atomic E-state index is 12.4. The number of hydrogen-bond donors (Lipinski definition) is 1. The Bertz CT molecular complexity index is 1350. The number of rotatable bonds is 7. The van der Waals surface area contributed by atoms with Crippen LogP contribution in [0.3, 0.4) is 0 Å². The summed E-state index contributed by atoms with van der Waals surface area (Å²) in [7, 11) is 0. The van der Waals surface area contributed by atoms with Crippen molar-refractivity contribution < 1.29 is 19.1 Å². The Kier molecular flexibility index (Phi) is 6.50. The van der Waals surface area contributed by atoms with Gasteiger partial charge in [-0.05, 0) is 50.2 Å². The lowest BCUT2D eigenvalue weighted by atomic mass is 10.2. The normalized spacial score (nSPS) is 11.7. The highest BCUT2D eigenvalue weighted by atomic mass is 32.1. The number of ether oxygens (including phenoxy) is 2. The summed E-state index contributed by atoms with van der Waals surface area (Å²) in [5.74, 6) is -0.271. The van der Waals surface area contributed by atoms with Gasteiger partial charge in [0.25, 0.3) is 11.5 Å². The number of para-hydroxylation sites is 1. The molecule has 0 radical (unpaired) electrons. The van der Waals surface area contributed by atoms with Crippen molar-refractivity contribution in [2.24, 2.45) is 0 Å². The molecule has 0 bridgehead atoms. The Morgan fingerprint density at radius 2 is 1.85 bits per heavy atom. The fourth-order valence-electron chi connectivity index (χ4n) is 3.05. The van der Waals surface area contributed by atoms with E-state index in [9.17, 15) is 14.4 Å². The summed E-state index contributed by atoms with van der Waals surface area (Å²) in [6, 6.07) is 16.7. The fourth-order valence-corrected chi connectivity index (χ4v) is 3.90. The molecule has 2 aromatic carbocycles. The number of nitrogens with zero attached hydrogens (tertiary/aromatic N) is 2. The first-order valence-corrected chi connectivity index (χ1v) is 11.0. The van der Waals surface area contributed by atoms with Crippen molar-refractivity contribution in [2.45, 2.75) is 26.6 Å². The third kappa shape index (κ3) is 5.45.